The number of esters is 1. The van der Waals surface area contributed by atoms with E-state index in [-0.39, 0.29) is 18.0 Å². The van der Waals surface area contributed by atoms with E-state index in [1.807, 2.05) is 0 Å². The van der Waals surface area contributed by atoms with Gasteiger partial charge in [-0.15, -0.1) is 0 Å². The van der Waals surface area contributed by atoms with E-state index in [0.29, 0.717) is 0 Å². The number of cyclic esters (lactones) is 1. The molecule has 2 aliphatic rings. The van der Waals surface area contributed by atoms with E-state index >= 15 is 0 Å². The third-order valence-electron chi connectivity index (χ3n) is 4.14. The van der Waals surface area contributed by atoms with Crippen LogP contribution >= 0.6 is 0 Å². The molecular weight excluding hydrogens is 242 g/mol. The summed E-state index contributed by atoms with van der Waals surface area (Å²) in [5.74, 6) is 0.192. The quantitative estimate of drug-likeness (QED) is 0.525. The first-order valence-electron chi connectivity index (χ1n) is 7.80. The van der Waals surface area contributed by atoms with Gasteiger partial charge in [-0.2, -0.15) is 0 Å². The van der Waals surface area contributed by atoms with Gasteiger partial charge in [-0.25, -0.2) is 0 Å². The van der Waals surface area contributed by atoms with Crippen molar-refractivity contribution < 1.29 is 14.3 Å². The number of rotatable bonds is 7. The highest BCUT2D eigenvalue weighted by Crippen LogP contribution is 2.27. The van der Waals surface area contributed by atoms with Gasteiger partial charge in [0.25, 0.3) is 0 Å². The standard InChI is InChI=1S/C15H27NO3/c1-2-3-4-5-6-13-11-14(19-15(13)17)12-16-7-9-18-10-8-16/h13-14H,2-12H2,1H3/t13-,14+/m1/s1. The molecule has 0 aromatic heterocycles. The fourth-order valence-electron chi connectivity index (χ4n) is 2.96. The van der Waals surface area contributed by atoms with E-state index in [0.717, 1.165) is 52.1 Å². The monoisotopic (exact) mass is 269 g/mol. The van der Waals surface area contributed by atoms with Crippen LogP contribution in [0.4, 0.5) is 0 Å². The molecule has 2 saturated heterocycles. The van der Waals surface area contributed by atoms with E-state index in [4.69, 9.17) is 9.47 Å². The molecule has 110 valence electrons. The average Bonchev–Trinajstić information content (AvgIpc) is 2.76. The van der Waals surface area contributed by atoms with Gasteiger partial charge in [-0.3, -0.25) is 9.69 Å². The first-order chi connectivity index (χ1) is 9.29. The van der Waals surface area contributed by atoms with E-state index in [1.54, 1.807) is 0 Å². The summed E-state index contributed by atoms with van der Waals surface area (Å²) >= 11 is 0. The second kappa shape index (κ2) is 7.85. The molecule has 0 unspecified atom stereocenters. The largest absolute Gasteiger partial charge is 0.461 e. The minimum Gasteiger partial charge on any atom is -0.461 e. The molecular formula is C15H27NO3. The summed E-state index contributed by atoms with van der Waals surface area (Å²) in [6.45, 7) is 6.65. The van der Waals surface area contributed by atoms with Crippen LogP contribution in [0.15, 0.2) is 0 Å². The second-order valence-corrected chi connectivity index (χ2v) is 5.75. The SMILES string of the molecule is CCCCCC[C@@H]1C[C@@H](CN2CCOCC2)OC1=O. The van der Waals surface area contributed by atoms with E-state index < -0.39 is 0 Å². The normalized spacial score (nSPS) is 28.6. The number of carbonyl (C=O) groups excluding carboxylic acids is 1. The maximum atomic E-state index is 11.8. The van der Waals surface area contributed by atoms with Crippen LogP contribution in [0.25, 0.3) is 0 Å². The summed E-state index contributed by atoms with van der Waals surface area (Å²) in [7, 11) is 0. The number of ether oxygens (including phenoxy) is 2. The third-order valence-corrected chi connectivity index (χ3v) is 4.14. The Morgan fingerprint density at radius 2 is 2.00 bits per heavy atom. The number of nitrogens with zero attached hydrogens (tertiary/aromatic N) is 1. The Morgan fingerprint density at radius 3 is 2.74 bits per heavy atom. The molecule has 2 heterocycles. The smallest absolute Gasteiger partial charge is 0.309 e. The van der Waals surface area contributed by atoms with E-state index in [1.165, 1.54) is 19.3 Å². The summed E-state index contributed by atoms with van der Waals surface area (Å²) in [5.41, 5.74) is 0. The van der Waals surface area contributed by atoms with Crippen molar-refractivity contribution in [1.29, 1.82) is 0 Å². The van der Waals surface area contributed by atoms with Crippen molar-refractivity contribution in [3.8, 4) is 0 Å². The number of hydrogen-bond acceptors (Lipinski definition) is 4. The molecule has 4 heteroatoms. The minimum absolute atomic E-state index is 0.0368. The summed E-state index contributed by atoms with van der Waals surface area (Å²) in [5, 5.41) is 0. The zero-order valence-electron chi connectivity index (χ0n) is 12.1. The Hall–Kier alpha value is -0.610. The molecule has 0 N–H and O–H groups in total. The summed E-state index contributed by atoms with van der Waals surface area (Å²) < 4.78 is 10.8. The van der Waals surface area contributed by atoms with Gasteiger partial charge in [0.2, 0.25) is 0 Å². The van der Waals surface area contributed by atoms with E-state index in [9.17, 15) is 4.79 Å². The van der Waals surface area contributed by atoms with Crippen LogP contribution in [0.2, 0.25) is 0 Å². The predicted octanol–water partition coefficient (Wildman–Crippen LogP) is 2.22. The van der Waals surface area contributed by atoms with Crippen molar-refractivity contribution in [2.24, 2.45) is 5.92 Å². The lowest BCUT2D eigenvalue weighted by Crippen LogP contribution is -2.40. The second-order valence-electron chi connectivity index (χ2n) is 5.75. The van der Waals surface area contributed by atoms with Gasteiger partial charge in [-0.1, -0.05) is 32.6 Å². The Bertz CT molecular complexity index is 277. The molecule has 0 spiro atoms. The predicted molar refractivity (Wildman–Crippen MR) is 74.0 cm³/mol. The Labute approximate surface area is 116 Å². The van der Waals surface area contributed by atoms with Crippen molar-refractivity contribution in [1.82, 2.24) is 4.90 Å². The Morgan fingerprint density at radius 1 is 1.21 bits per heavy atom. The van der Waals surface area contributed by atoms with Gasteiger partial charge < -0.3 is 9.47 Å². The molecule has 0 radical (unpaired) electrons. The van der Waals surface area contributed by atoms with Crippen molar-refractivity contribution in [3.05, 3.63) is 0 Å². The van der Waals surface area contributed by atoms with Crippen LogP contribution in [0, 0.1) is 5.92 Å². The van der Waals surface area contributed by atoms with Gasteiger partial charge in [0, 0.05) is 19.6 Å². The average molecular weight is 269 g/mol. The summed E-state index contributed by atoms with van der Waals surface area (Å²) in [6.07, 6.45) is 6.97. The zero-order chi connectivity index (χ0) is 13.5. The van der Waals surface area contributed by atoms with Crippen LogP contribution in [0.1, 0.15) is 45.4 Å². The fraction of sp³-hybridized carbons (Fsp3) is 0.933. The van der Waals surface area contributed by atoms with Crippen LogP contribution in [-0.4, -0.2) is 49.8 Å². The van der Waals surface area contributed by atoms with Crippen molar-refractivity contribution in [3.63, 3.8) is 0 Å². The van der Waals surface area contributed by atoms with Crippen molar-refractivity contribution >= 4 is 5.97 Å². The summed E-state index contributed by atoms with van der Waals surface area (Å²) in [6, 6.07) is 0. The maximum Gasteiger partial charge on any atom is 0.309 e. The topological polar surface area (TPSA) is 38.8 Å². The molecule has 2 atom stereocenters. The maximum absolute atomic E-state index is 11.8. The highest BCUT2D eigenvalue weighted by Gasteiger charge is 2.34. The van der Waals surface area contributed by atoms with Crippen molar-refractivity contribution in [2.45, 2.75) is 51.6 Å². The number of carbonyl (C=O) groups is 1. The molecule has 4 nitrogen and oxygen atoms in total. The lowest BCUT2D eigenvalue weighted by Gasteiger charge is -2.28. The number of hydrogen-bond donors (Lipinski definition) is 0. The molecule has 0 saturated carbocycles. The molecule has 19 heavy (non-hydrogen) atoms. The molecule has 0 aromatic carbocycles. The molecule has 0 aliphatic carbocycles. The van der Waals surface area contributed by atoms with Gasteiger partial charge in [0.15, 0.2) is 0 Å². The Balaban J connectivity index is 1.66. The van der Waals surface area contributed by atoms with Gasteiger partial charge in [-0.05, 0) is 12.8 Å². The van der Waals surface area contributed by atoms with Gasteiger partial charge in [0.1, 0.15) is 6.10 Å². The Kier molecular flexibility index (Phi) is 6.11. The molecule has 2 rings (SSSR count). The van der Waals surface area contributed by atoms with Crippen molar-refractivity contribution in [2.75, 3.05) is 32.8 Å². The lowest BCUT2D eigenvalue weighted by atomic mass is 9.97. The first-order valence-corrected chi connectivity index (χ1v) is 7.80. The van der Waals surface area contributed by atoms with Crippen LogP contribution in [0.3, 0.4) is 0 Å². The first kappa shape index (κ1) is 14.8. The summed E-state index contributed by atoms with van der Waals surface area (Å²) in [4.78, 5) is 14.2. The number of morpholine rings is 1. The molecule has 0 aromatic rings. The molecule has 0 bridgehead atoms. The van der Waals surface area contributed by atoms with Gasteiger partial charge >= 0.3 is 5.97 Å². The third kappa shape index (κ3) is 4.77. The molecule has 2 fully saturated rings. The fourth-order valence-corrected chi connectivity index (χ4v) is 2.96. The molecule has 2 aliphatic heterocycles. The van der Waals surface area contributed by atoms with Gasteiger partial charge in [0.05, 0.1) is 19.1 Å². The molecule has 0 amide bonds. The van der Waals surface area contributed by atoms with Crippen LogP contribution in [-0.2, 0) is 14.3 Å². The highest BCUT2D eigenvalue weighted by molar-refractivity contribution is 5.74. The highest BCUT2D eigenvalue weighted by atomic mass is 16.6. The van der Waals surface area contributed by atoms with Crippen LogP contribution < -0.4 is 0 Å². The number of unbranched alkanes of at least 4 members (excludes halogenated alkanes) is 3. The zero-order valence-corrected chi connectivity index (χ0v) is 12.1. The van der Waals surface area contributed by atoms with E-state index in [2.05, 4.69) is 11.8 Å². The minimum atomic E-state index is 0.0368. The lowest BCUT2D eigenvalue weighted by molar-refractivity contribution is -0.145. The van der Waals surface area contributed by atoms with Crippen LogP contribution in [0.5, 0.6) is 0 Å².